The van der Waals surface area contributed by atoms with Gasteiger partial charge in [0, 0.05) is 29.5 Å². The molecule has 0 saturated carbocycles. The van der Waals surface area contributed by atoms with Gasteiger partial charge in [0.15, 0.2) is 11.5 Å². The minimum absolute atomic E-state index is 0.269. The van der Waals surface area contributed by atoms with E-state index >= 15 is 0 Å². The summed E-state index contributed by atoms with van der Waals surface area (Å²) in [7, 11) is 4.67. The van der Waals surface area contributed by atoms with E-state index < -0.39 is 0 Å². The Morgan fingerprint density at radius 1 is 1.07 bits per heavy atom. The van der Waals surface area contributed by atoms with Gasteiger partial charge in [-0.2, -0.15) is 5.10 Å². The summed E-state index contributed by atoms with van der Waals surface area (Å²) >= 11 is 0. The number of anilines is 1. The fourth-order valence-electron chi connectivity index (χ4n) is 3.33. The first-order valence-electron chi connectivity index (χ1n) is 9.32. The first-order chi connectivity index (χ1) is 14.6. The molecule has 2 N–H and O–H groups in total. The maximum Gasteiger partial charge on any atom is 0.272 e. The number of nitrogens with one attached hydrogen (secondary N) is 2. The van der Waals surface area contributed by atoms with Crippen LogP contribution in [0.15, 0.2) is 54.9 Å². The number of aromatic nitrogens is 3. The van der Waals surface area contributed by atoms with Crippen LogP contribution in [0.1, 0.15) is 16.1 Å². The highest BCUT2D eigenvalue weighted by Crippen LogP contribution is 2.41. The summed E-state index contributed by atoms with van der Waals surface area (Å²) in [5.41, 5.74) is 2.80. The lowest BCUT2D eigenvalue weighted by Gasteiger charge is -2.11. The zero-order valence-corrected chi connectivity index (χ0v) is 16.9. The van der Waals surface area contributed by atoms with E-state index in [1.54, 1.807) is 39.7 Å². The Bertz CT molecular complexity index is 1160. The Balaban J connectivity index is 1.57. The van der Waals surface area contributed by atoms with Gasteiger partial charge < -0.3 is 24.5 Å². The molecule has 1 amide bonds. The van der Waals surface area contributed by atoms with Crippen molar-refractivity contribution in [3.05, 3.63) is 66.1 Å². The van der Waals surface area contributed by atoms with Crippen LogP contribution in [0.5, 0.6) is 17.2 Å². The molecule has 2 aromatic carbocycles. The van der Waals surface area contributed by atoms with Crippen LogP contribution in [0.4, 0.5) is 5.69 Å². The number of methoxy groups -OCH3 is 3. The maximum atomic E-state index is 12.8. The highest BCUT2D eigenvalue weighted by molar-refractivity contribution is 6.07. The van der Waals surface area contributed by atoms with Crippen LogP contribution in [0.3, 0.4) is 0 Å². The molecule has 0 radical (unpaired) electrons. The van der Waals surface area contributed by atoms with Crippen molar-refractivity contribution in [2.24, 2.45) is 0 Å². The zero-order valence-electron chi connectivity index (χ0n) is 16.9. The van der Waals surface area contributed by atoms with E-state index in [1.807, 2.05) is 41.2 Å². The van der Waals surface area contributed by atoms with Crippen LogP contribution in [0.2, 0.25) is 0 Å². The second kappa shape index (κ2) is 8.20. The lowest BCUT2D eigenvalue weighted by atomic mass is 10.2. The molecule has 2 heterocycles. The monoisotopic (exact) mass is 406 g/mol. The topological polar surface area (TPSA) is 90.4 Å². The molecule has 30 heavy (non-hydrogen) atoms. The van der Waals surface area contributed by atoms with Gasteiger partial charge in [-0.15, -0.1) is 0 Å². The van der Waals surface area contributed by atoms with Gasteiger partial charge in [0.05, 0.1) is 33.4 Å². The number of hydrogen-bond donors (Lipinski definition) is 2. The van der Waals surface area contributed by atoms with Crippen molar-refractivity contribution in [3.8, 4) is 17.2 Å². The molecule has 0 aliphatic rings. The Morgan fingerprint density at radius 3 is 2.47 bits per heavy atom. The third-order valence-corrected chi connectivity index (χ3v) is 4.80. The van der Waals surface area contributed by atoms with E-state index in [0.29, 0.717) is 40.7 Å². The number of amides is 1. The van der Waals surface area contributed by atoms with Crippen molar-refractivity contribution < 1.29 is 19.0 Å². The quantitative estimate of drug-likeness (QED) is 0.489. The van der Waals surface area contributed by atoms with Crippen molar-refractivity contribution in [2.45, 2.75) is 6.54 Å². The van der Waals surface area contributed by atoms with E-state index in [9.17, 15) is 4.79 Å². The van der Waals surface area contributed by atoms with Gasteiger partial charge in [0.25, 0.3) is 5.91 Å². The first-order valence-corrected chi connectivity index (χ1v) is 9.32. The van der Waals surface area contributed by atoms with Crippen molar-refractivity contribution in [3.63, 3.8) is 0 Å². The van der Waals surface area contributed by atoms with Crippen LogP contribution in [0, 0.1) is 0 Å². The highest BCUT2D eigenvalue weighted by Gasteiger charge is 2.19. The molecule has 0 saturated heterocycles. The summed E-state index contributed by atoms with van der Waals surface area (Å²) in [5.74, 6) is 1.34. The van der Waals surface area contributed by atoms with E-state index in [0.717, 1.165) is 10.9 Å². The average Bonchev–Trinajstić information content (AvgIpc) is 3.44. The Labute approximate surface area is 173 Å². The van der Waals surface area contributed by atoms with E-state index in [4.69, 9.17) is 14.2 Å². The average molecular weight is 406 g/mol. The number of ether oxygens (including phenoxy) is 3. The van der Waals surface area contributed by atoms with Crippen LogP contribution in [0.25, 0.3) is 10.9 Å². The number of H-pyrrole nitrogens is 1. The number of carbonyl (C=O) groups excluding carboxylic acids is 1. The van der Waals surface area contributed by atoms with E-state index in [2.05, 4.69) is 15.4 Å². The van der Waals surface area contributed by atoms with Crippen LogP contribution in [-0.4, -0.2) is 42.0 Å². The van der Waals surface area contributed by atoms with Crippen LogP contribution < -0.4 is 19.5 Å². The number of aromatic amines is 1. The number of carbonyl (C=O) groups is 1. The first kappa shape index (κ1) is 19.4. The molecule has 0 aliphatic heterocycles. The second-order valence-electron chi connectivity index (χ2n) is 6.64. The van der Waals surface area contributed by atoms with Gasteiger partial charge in [-0.3, -0.25) is 9.48 Å². The molecule has 0 fully saturated rings. The fourth-order valence-corrected chi connectivity index (χ4v) is 3.33. The molecule has 2 aromatic heterocycles. The number of hydrogen-bond acceptors (Lipinski definition) is 5. The Kier molecular flexibility index (Phi) is 5.30. The van der Waals surface area contributed by atoms with Gasteiger partial charge >= 0.3 is 0 Å². The molecule has 8 nitrogen and oxygen atoms in total. The van der Waals surface area contributed by atoms with Gasteiger partial charge in [-0.25, -0.2) is 0 Å². The summed E-state index contributed by atoms with van der Waals surface area (Å²) in [6, 6.07) is 13.0. The Morgan fingerprint density at radius 2 is 1.83 bits per heavy atom. The largest absolute Gasteiger partial charge is 0.496 e. The summed E-state index contributed by atoms with van der Waals surface area (Å²) in [6.45, 7) is 0.671. The van der Waals surface area contributed by atoms with Gasteiger partial charge in [0.2, 0.25) is 0 Å². The third kappa shape index (κ3) is 3.67. The van der Waals surface area contributed by atoms with Crippen molar-refractivity contribution in [1.29, 1.82) is 0 Å². The van der Waals surface area contributed by atoms with Gasteiger partial charge in [0.1, 0.15) is 11.4 Å². The van der Waals surface area contributed by atoms with Crippen molar-refractivity contribution in [2.75, 3.05) is 26.6 Å². The summed E-state index contributed by atoms with van der Waals surface area (Å²) in [4.78, 5) is 15.9. The van der Waals surface area contributed by atoms with Gasteiger partial charge in [-0.05, 0) is 29.8 Å². The number of fused-ring (bicyclic) bond motifs is 1. The summed E-state index contributed by atoms with van der Waals surface area (Å²) < 4.78 is 18.1. The molecule has 0 atom stereocenters. The van der Waals surface area contributed by atoms with Gasteiger partial charge in [-0.1, -0.05) is 12.1 Å². The molecule has 4 aromatic rings. The molecule has 8 heteroatoms. The maximum absolute atomic E-state index is 12.8. The standard InChI is InChI=1S/C22H22N4O4/c1-28-18-12-19(29-2)21(30-3)20-16(18)11-17(25-20)22(27)24-15-7-5-14(6-8-15)13-26-10-4-9-23-26/h4-12,25H,13H2,1-3H3,(H,24,27). The molecule has 0 bridgehead atoms. The molecule has 154 valence electrons. The summed E-state index contributed by atoms with van der Waals surface area (Å²) in [6.07, 6.45) is 3.65. The predicted molar refractivity (Wildman–Crippen MR) is 114 cm³/mol. The number of nitrogens with zero attached hydrogens (tertiary/aromatic N) is 2. The normalized spacial score (nSPS) is 10.8. The van der Waals surface area contributed by atoms with Crippen molar-refractivity contribution in [1.82, 2.24) is 14.8 Å². The fraction of sp³-hybridized carbons (Fsp3) is 0.182. The molecular formula is C22H22N4O4. The predicted octanol–water partition coefficient (Wildman–Crippen LogP) is 3.69. The van der Waals surface area contributed by atoms with Crippen LogP contribution in [-0.2, 0) is 6.54 Å². The SMILES string of the molecule is COc1cc(OC)c2cc(C(=O)Nc3ccc(Cn4cccn4)cc3)[nH]c2c1OC. The lowest BCUT2D eigenvalue weighted by molar-refractivity contribution is 0.102. The zero-order chi connectivity index (χ0) is 21.1. The minimum Gasteiger partial charge on any atom is -0.496 e. The van der Waals surface area contributed by atoms with E-state index in [-0.39, 0.29) is 5.91 Å². The third-order valence-electron chi connectivity index (χ3n) is 4.80. The lowest BCUT2D eigenvalue weighted by Crippen LogP contribution is -2.12. The van der Waals surface area contributed by atoms with E-state index in [1.165, 1.54) is 0 Å². The molecule has 0 spiro atoms. The smallest absolute Gasteiger partial charge is 0.272 e. The highest BCUT2D eigenvalue weighted by atomic mass is 16.5. The molecule has 0 unspecified atom stereocenters. The number of benzene rings is 2. The number of rotatable bonds is 7. The minimum atomic E-state index is -0.269. The second-order valence-corrected chi connectivity index (χ2v) is 6.64. The molecule has 0 aliphatic carbocycles. The molecular weight excluding hydrogens is 384 g/mol. The van der Waals surface area contributed by atoms with Crippen LogP contribution >= 0.6 is 0 Å². The molecule has 4 rings (SSSR count). The summed E-state index contributed by atoms with van der Waals surface area (Å²) in [5, 5.41) is 7.83. The van der Waals surface area contributed by atoms with Crippen molar-refractivity contribution >= 4 is 22.5 Å². The Hall–Kier alpha value is -3.94.